The van der Waals surface area contributed by atoms with Crippen LogP contribution in [0, 0.1) is 34.5 Å². The van der Waals surface area contributed by atoms with Gasteiger partial charge in [-0.3, -0.25) is 14.4 Å². The third-order valence-electron chi connectivity index (χ3n) is 10.3. The maximum atomic E-state index is 12.7. The lowest BCUT2D eigenvalue weighted by Gasteiger charge is -2.57. The van der Waals surface area contributed by atoms with E-state index in [9.17, 15) is 14.4 Å². The first-order valence-electron chi connectivity index (χ1n) is 14.3. The third kappa shape index (κ3) is 5.25. The summed E-state index contributed by atoms with van der Waals surface area (Å²) in [4.78, 5) is 36.6. The molecule has 196 valence electrons. The zero-order valence-corrected chi connectivity index (χ0v) is 22.4. The second-order valence-corrected chi connectivity index (χ2v) is 12.4. The van der Waals surface area contributed by atoms with Crippen LogP contribution in [0.3, 0.4) is 0 Å². The molecule has 0 bridgehead atoms. The van der Waals surface area contributed by atoms with Crippen LogP contribution >= 0.6 is 0 Å². The molecule has 0 spiro atoms. The van der Waals surface area contributed by atoms with E-state index < -0.39 is 0 Å². The first kappa shape index (κ1) is 26.4. The van der Waals surface area contributed by atoms with Crippen molar-refractivity contribution in [3.63, 3.8) is 0 Å². The summed E-state index contributed by atoms with van der Waals surface area (Å²) in [5.41, 5.74) is 1.67. The minimum atomic E-state index is -0.131. The SMILES string of the molecule is CCCC(C)C(=O)OCCCCC(=O)OC1CC[C@H]2C3CCC4=CC(=O)CCC4(C)[C@H]3CCC12C. The molecule has 4 rings (SSSR count). The largest absolute Gasteiger partial charge is 0.465 e. The topological polar surface area (TPSA) is 69.7 Å². The van der Waals surface area contributed by atoms with E-state index in [4.69, 9.17) is 9.47 Å². The van der Waals surface area contributed by atoms with Crippen molar-refractivity contribution >= 4 is 17.7 Å². The molecule has 5 heteroatoms. The van der Waals surface area contributed by atoms with Gasteiger partial charge in [-0.25, -0.2) is 0 Å². The molecule has 0 aromatic rings. The van der Waals surface area contributed by atoms with E-state index in [0.29, 0.717) is 55.8 Å². The van der Waals surface area contributed by atoms with Crippen molar-refractivity contribution in [1.82, 2.24) is 0 Å². The van der Waals surface area contributed by atoms with Crippen LogP contribution in [0.15, 0.2) is 11.6 Å². The molecule has 0 saturated heterocycles. The van der Waals surface area contributed by atoms with Crippen molar-refractivity contribution in [2.75, 3.05) is 6.61 Å². The minimum Gasteiger partial charge on any atom is -0.465 e. The van der Waals surface area contributed by atoms with Crippen LogP contribution < -0.4 is 0 Å². The number of hydrogen-bond donors (Lipinski definition) is 0. The fraction of sp³-hybridized carbons (Fsp3) is 0.833. The zero-order valence-electron chi connectivity index (χ0n) is 22.4. The number of ketones is 1. The number of rotatable bonds is 9. The van der Waals surface area contributed by atoms with Gasteiger partial charge in [0.1, 0.15) is 6.10 Å². The Morgan fingerprint density at radius 1 is 1.06 bits per heavy atom. The Labute approximate surface area is 211 Å². The van der Waals surface area contributed by atoms with Gasteiger partial charge in [0, 0.05) is 18.3 Å². The molecule has 0 N–H and O–H groups in total. The normalized spacial score (nSPS) is 36.9. The number of carbonyl (C=O) groups is 3. The Bertz CT molecular complexity index is 846. The van der Waals surface area contributed by atoms with Crippen LogP contribution in [0.2, 0.25) is 0 Å². The molecule has 5 unspecified atom stereocenters. The standard InChI is InChI=1S/C30H46O5/c1-5-8-20(2)28(33)34-18-7-6-9-27(32)35-26-13-12-24-23-11-10-21-19-22(31)14-16-29(21,3)25(23)15-17-30(24,26)4/h19-20,23-26H,5-18H2,1-4H3/t20?,23?,24-,25-,26?,29?,30?/m0/s1. The van der Waals surface area contributed by atoms with E-state index in [1.807, 2.05) is 13.0 Å². The average Bonchev–Trinajstić information content (AvgIpc) is 3.15. The highest BCUT2D eigenvalue weighted by molar-refractivity contribution is 5.91. The molecule has 0 aliphatic heterocycles. The van der Waals surface area contributed by atoms with Gasteiger partial charge in [0.15, 0.2) is 5.78 Å². The van der Waals surface area contributed by atoms with Crippen molar-refractivity contribution in [1.29, 1.82) is 0 Å². The fourth-order valence-corrected chi connectivity index (χ4v) is 8.16. The minimum absolute atomic E-state index is 0.0198. The Kier molecular flexibility index (Phi) is 8.12. The number of carbonyl (C=O) groups excluding carboxylic acids is 3. The smallest absolute Gasteiger partial charge is 0.308 e. The summed E-state index contributed by atoms with van der Waals surface area (Å²) in [6.45, 7) is 9.14. The van der Waals surface area contributed by atoms with Gasteiger partial charge in [-0.15, -0.1) is 0 Å². The maximum absolute atomic E-state index is 12.7. The van der Waals surface area contributed by atoms with E-state index in [2.05, 4.69) is 20.8 Å². The highest BCUT2D eigenvalue weighted by atomic mass is 16.5. The van der Waals surface area contributed by atoms with E-state index in [-0.39, 0.29) is 34.8 Å². The Morgan fingerprint density at radius 2 is 1.86 bits per heavy atom. The van der Waals surface area contributed by atoms with Gasteiger partial charge in [0.2, 0.25) is 0 Å². The van der Waals surface area contributed by atoms with E-state index in [1.54, 1.807) is 0 Å². The highest BCUT2D eigenvalue weighted by Gasteiger charge is 2.59. The first-order chi connectivity index (χ1) is 16.7. The van der Waals surface area contributed by atoms with Gasteiger partial charge in [0.05, 0.1) is 12.5 Å². The molecular formula is C30H46O5. The van der Waals surface area contributed by atoms with Crippen molar-refractivity contribution in [2.24, 2.45) is 34.5 Å². The van der Waals surface area contributed by atoms with Crippen molar-refractivity contribution in [3.05, 3.63) is 11.6 Å². The molecule has 4 aliphatic rings. The predicted molar refractivity (Wildman–Crippen MR) is 135 cm³/mol. The monoisotopic (exact) mass is 486 g/mol. The van der Waals surface area contributed by atoms with Crippen molar-refractivity contribution in [2.45, 2.75) is 117 Å². The van der Waals surface area contributed by atoms with Crippen LogP contribution in [0.25, 0.3) is 0 Å². The van der Waals surface area contributed by atoms with Crippen LogP contribution in [0.5, 0.6) is 0 Å². The van der Waals surface area contributed by atoms with Gasteiger partial charge < -0.3 is 9.47 Å². The summed E-state index contributed by atoms with van der Waals surface area (Å²) in [6, 6.07) is 0. The number of fused-ring (bicyclic) bond motifs is 5. The lowest BCUT2D eigenvalue weighted by atomic mass is 9.47. The number of esters is 2. The molecule has 0 radical (unpaired) electrons. The average molecular weight is 487 g/mol. The third-order valence-corrected chi connectivity index (χ3v) is 10.3. The van der Waals surface area contributed by atoms with Gasteiger partial charge in [-0.2, -0.15) is 0 Å². The molecular weight excluding hydrogens is 440 g/mol. The summed E-state index contributed by atoms with van der Waals surface area (Å²) < 4.78 is 11.5. The lowest BCUT2D eigenvalue weighted by molar-refractivity contribution is -0.160. The van der Waals surface area contributed by atoms with Gasteiger partial charge in [0.25, 0.3) is 0 Å². The van der Waals surface area contributed by atoms with Crippen molar-refractivity contribution in [3.8, 4) is 0 Å². The Morgan fingerprint density at radius 3 is 2.63 bits per heavy atom. The molecule has 4 aliphatic carbocycles. The summed E-state index contributed by atoms with van der Waals surface area (Å²) in [6.07, 6.45) is 14.0. The quantitative estimate of drug-likeness (QED) is 0.272. The highest BCUT2D eigenvalue weighted by Crippen LogP contribution is 2.65. The molecule has 35 heavy (non-hydrogen) atoms. The zero-order chi connectivity index (χ0) is 25.2. The Balaban J connectivity index is 1.26. The molecule has 0 aromatic carbocycles. The van der Waals surface area contributed by atoms with Crippen LogP contribution in [-0.4, -0.2) is 30.4 Å². The van der Waals surface area contributed by atoms with Crippen LogP contribution in [-0.2, 0) is 23.9 Å². The molecule has 0 heterocycles. The molecule has 0 amide bonds. The number of hydrogen-bond acceptors (Lipinski definition) is 5. The van der Waals surface area contributed by atoms with E-state index in [1.165, 1.54) is 18.4 Å². The lowest BCUT2D eigenvalue weighted by Crippen LogP contribution is -2.51. The number of allylic oxidation sites excluding steroid dienone is 1. The maximum Gasteiger partial charge on any atom is 0.308 e. The van der Waals surface area contributed by atoms with Crippen LogP contribution in [0.4, 0.5) is 0 Å². The molecule has 0 aromatic heterocycles. The summed E-state index contributed by atoms with van der Waals surface area (Å²) in [5.74, 6) is 1.98. The molecule has 7 atom stereocenters. The van der Waals surface area contributed by atoms with E-state index in [0.717, 1.165) is 44.9 Å². The summed E-state index contributed by atoms with van der Waals surface area (Å²) in [5, 5.41) is 0. The summed E-state index contributed by atoms with van der Waals surface area (Å²) in [7, 11) is 0. The number of unbranched alkanes of at least 4 members (excludes halogenated alkanes) is 1. The van der Waals surface area contributed by atoms with E-state index >= 15 is 0 Å². The fourth-order valence-electron chi connectivity index (χ4n) is 8.16. The first-order valence-corrected chi connectivity index (χ1v) is 14.3. The second-order valence-electron chi connectivity index (χ2n) is 12.4. The van der Waals surface area contributed by atoms with Gasteiger partial charge >= 0.3 is 11.9 Å². The Hall–Kier alpha value is -1.65. The molecule has 5 nitrogen and oxygen atoms in total. The van der Waals surface area contributed by atoms with Gasteiger partial charge in [-0.1, -0.05) is 39.7 Å². The van der Waals surface area contributed by atoms with Crippen LogP contribution in [0.1, 0.15) is 111 Å². The predicted octanol–water partition coefficient (Wildman–Crippen LogP) is 6.58. The molecule has 3 fully saturated rings. The summed E-state index contributed by atoms with van der Waals surface area (Å²) >= 11 is 0. The van der Waals surface area contributed by atoms with Gasteiger partial charge in [-0.05, 0) is 93.5 Å². The number of ether oxygens (including phenoxy) is 2. The van der Waals surface area contributed by atoms with Crippen molar-refractivity contribution < 1.29 is 23.9 Å². The molecule has 3 saturated carbocycles. The second kappa shape index (κ2) is 10.8.